The van der Waals surface area contributed by atoms with E-state index in [0.717, 1.165) is 19.3 Å². The van der Waals surface area contributed by atoms with Crippen molar-refractivity contribution < 1.29 is 5.11 Å². The smallest absolute Gasteiger partial charge is 0.0934 e. The van der Waals surface area contributed by atoms with Crippen LogP contribution in [0.15, 0.2) is 36.1 Å². The highest BCUT2D eigenvalue weighted by Crippen LogP contribution is 2.45. The third-order valence-corrected chi connectivity index (χ3v) is 5.55. The average Bonchev–Trinajstić information content (AvgIpc) is 3.17. The molecule has 0 radical (unpaired) electrons. The molecule has 0 saturated carbocycles. The van der Waals surface area contributed by atoms with E-state index in [4.69, 9.17) is 0 Å². The molecule has 136 valence electrons. The van der Waals surface area contributed by atoms with Gasteiger partial charge in [-0.1, -0.05) is 77.8 Å². The molecular formula is C24H34O. The average molecular weight is 339 g/mol. The standard InChI is InChI=1S/C22H28O.C2H6/c1-4-15(5-2)20-14-19(23)13-18-12-11-16(6-3)21(22(18)20)17-9-7-8-10-17;1-2/h7,9-13,15,20,23H,4-6,8,14H2,1-3H3;1-2H3. The molecule has 1 aromatic rings. The largest absolute Gasteiger partial charge is 0.512 e. The van der Waals surface area contributed by atoms with Gasteiger partial charge in [-0.25, -0.2) is 0 Å². The minimum atomic E-state index is 0.432. The maximum absolute atomic E-state index is 10.3. The van der Waals surface area contributed by atoms with Crippen molar-refractivity contribution in [3.63, 3.8) is 0 Å². The van der Waals surface area contributed by atoms with Gasteiger partial charge in [0.05, 0.1) is 5.76 Å². The van der Waals surface area contributed by atoms with E-state index >= 15 is 0 Å². The van der Waals surface area contributed by atoms with Crippen molar-refractivity contribution in [2.24, 2.45) is 5.92 Å². The summed E-state index contributed by atoms with van der Waals surface area (Å²) in [6.07, 6.45) is 14.1. The van der Waals surface area contributed by atoms with Gasteiger partial charge in [0, 0.05) is 6.42 Å². The summed E-state index contributed by atoms with van der Waals surface area (Å²) in [6.45, 7) is 10.8. The zero-order chi connectivity index (χ0) is 18.4. The number of aryl methyl sites for hydroxylation is 1. The summed E-state index contributed by atoms with van der Waals surface area (Å²) in [7, 11) is 0. The van der Waals surface area contributed by atoms with Crippen molar-refractivity contribution in [3.8, 4) is 0 Å². The highest BCUT2D eigenvalue weighted by molar-refractivity contribution is 5.83. The van der Waals surface area contributed by atoms with Crippen LogP contribution in [-0.2, 0) is 6.42 Å². The molecule has 1 atom stereocenters. The molecule has 2 aliphatic carbocycles. The Morgan fingerprint density at radius 2 is 1.84 bits per heavy atom. The Kier molecular flexibility index (Phi) is 7.11. The Balaban J connectivity index is 0.00000109. The maximum Gasteiger partial charge on any atom is 0.0934 e. The van der Waals surface area contributed by atoms with Crippen LogP contribution in [0.4, 0.5) is 0 Å². The topological polar surface area (TPSA) is 20.2 Å². The van der Waals surface area contributed by atoms with Crippen molar-refractivity contribution in [3.05, 3.63) is 58.4 Å². The van der Waals surface area contributed by atoms with Crippen molar-refractivity contribution in [1.82, 2.24) is 0 Å². The van der Waals surface area contributed by atoms with Gasteiger partial charge in [0.15, 0.2) is 0 Å². The SMILES string of the molecule is CC.CCc1ccc2c(c1C1=CCC=C1)C(C(CC)CC)CC(O)=C2. The van der Waals surface area contributed by atoms with Crippen LogP contribution in [-0.4, -0.2) is 5.11 Å². The normalized spacial score (nSPS) is 18.4. The summed E-state index contributed by atoms with van der Waals surface area (Å²) in [4.78, 5) is 0. The van der Waals surface area contributed by atoms with Gasteiger partial charge in [0.25, 0.3) is 0 Å². The molecule has 0 heterocycles. The van der Waals surface area contributed by atoms with Crippen molar-refractivity contribution in [1.29, 1.82) is 0 Å². The number of aliphatic hydroxyl groups excluding tert-OH is 1. The fourth-order valence-electron chi connectivity index (χ4n) is 4.31. The number of rotatable bonds is 5. The molecule has 1 unspecified atom stereocenters. The van der Waals surface area contributed by atoms with E-state index in [1.54, 1.807) is 0 Å². The summed E-state index contributed by atoms with van der Waals surface area (Å²) >= 11 is 0. The number of fused-ring (bicyclic) bond motifs is 1. The first-order chi connectivity index (χ1) is 12.2. The number of benzene rings is 1. The predicted octanol–water partition coefficient (Wildman–Crippen LogP) is 7.44. The third-order valence-electron chi connectivity index (χ3n) is 5.55. The number of hydrogen-bond donors (Lipinski definition) is 1. The molecule has 1 heteroatoms. The van der Waals surface area contributed by atoms with E-state index in [0.29, 0.717) is 17.6 Å². The van der Waals surface area contributed by atoms with Crippen LogP contribution in [0.1, 0.15) is 88.5 Å². The Labute approximate surface area is 154 Å². The van der Waals surface area contributed by atoms with Gasteiger partial charge in [-0.2, -0.15) is 0 Å². The maximum atomic E-state index is 10.3. The lowest BCUT2D eigenvalue weighted by Gasteiger charge is -2.33. The molecule has 0 fully saturated rings. The molecule has 1 N–H and O–H groups in total. The second-order valence-corrected chi connectivity index (χ2v) is 6.78. The van der Waals surface area contributed by atoms with Crippen LogP contribution >= 0.6 is 0 Å². The van der Waals surface area contributed by atoms with Crippen molar-refractivity contribution in [2.45, 2.75) is 72.6 Å². The van der Waals surface area contributed by atoms with Crippen molar-refractivity contribution >= 4 is 11.6 Å². The molecule has 3 rings (SSSR count). The highest BCUT2D eigenvalue weighted by atomic mass is 16.3. The molecule has 0 aromatic heterocycles. The molecule has 0 aliphatic heterocycles. The van der Waals surface area contributed by atoms with Crippen LogP contribution in [0.5, 0.6) is 0 Å². The summed E-state index contributed by atoms with van der Waals surface area (Å²) < 4.78 is 0. The molecule has 0 spiro atoms. The first kappa shape index (κ1) is 19.6. The lowest BCUT2D eigenvalue weighted by Crippen LogP contribution is -2.19. The van der Waals surface area contributed by atoms with Crippen LogP contribution in [0.2, 0.25) is 0 Å². The third kappa shape index (κ3) is 3.92. The summed E-state index contributed by atoms with van der Waals surface area (Å²) in [5, 5.41) is 10.3. The highest BCUT2D eigenvalue weighted by Gasteiger charge is 2.30. The fourth-order valence-corrected chi connectivity index (χ4v) is 4.31. The first-order valence-electron chi connectivity index (χ1n) is 10.1. The van der Waals surface area contributed by atoms with Crippen LogP contribution in [0.25, 0.3) is 11.6 Å². The molecule has 25 heavy (non-hydrogen) atoms. The van der Waals surface area contributed by atoms with Crippen molar-refractivity contribution in [2.75, 3.05) is 0 Å². The Bertz CT molecular complexity index is 672. The predicted molar refractivity (Wildman–Crippen MR) is 111 cm³/mol. The monoisotopic (exact) mass is 338 g/mol. The molecule has 1 nitrogen and oxygen atoms in total. The lowest BCUT2D eigenvalue weighted by atomic mass is 9.72. The van der Waals surface area contributed by atoms with Crippen LogP contribution < -0.4 is 0 Å². The molecule has 2 aliphatic rings. The molecule has 1 aromatic carbocycles. The van der Waals surface area contributed by atoms with Gasteiger partial charge in [-0.15, -0.1) is 0 Å². The van der Waals surface area contributed by atoms with Gasteiger partial charge < -0.3 is 5.11 Å². The van der Waals surface area contributed by atoms with Crippen LogP contribution in [0.3, 0.4) is 0 Å². The zero-order valence-electron chi connectivity index (χ0n) is 16.6. The fraction of sp³-hybridized carbons (Fsp3) is 0.500. The molecule has 0 amide bonds. The molecule has 0 saturated heterocycles. The second-order valence-electron chi connectivity index (χ2n) is 6.78. The zero-order valence-corrected chi connectivity index (χ0v) is 16.6. The minimum Gasteiger partial charge on any atom is -0.512 e. The van der Waals surface area contributed by atoms with Gasteiger partial charge in [-0.3, -0.25) is 0 Å². The second kappa shape index (κ2) is 9.08. The van der Waals surface area contributed by atoms with Gasteiger partial charge in [0.2, 0.25) is 0 Å². The van der Waals surface area contributed by atoms with E-state index in [1.807, 2.05) is 19.9 Å². The van der Waals surface area contributed by atoms with E-state index in [9.17, 15) is 5.11 Å². The number of hydrogen-bond acceptors (Lipinski definition) is 1. The number of aliphatic hydroxyl groups is 1. The van der Waals surface area contributed by atoms with E-state index in [2.05, 4.69) is 51.1 Å². The quantitative estimate of drug-likeness (QED) is 0.591. The Morgan fingerprint density at radius 3 is 2.40 bits per heavy atom. The van der Waals surface area contributed by atoms with E-state index in [1.165, 1.54) is 40.7 Å². The van der Waals surface area contributed by atoms with E-state index in [-0.39, 0.29) is 0 Å². The van der Waals surface area contributed by atoms with Crippen LogP contribution in [0, 0.1) is 5.92 Å². The Hall–Kier alpha value is -1.76. The summed E-state index contributed by atoms with van der Waals surface area (Å²) in [5.41, 5.74) is 6.96. The lowest BCUT2D eigenvalue weighted by molar-refractivity contribution is 0.322. The minimum absolute atomic E-state index is 0.432. The first-order valence-corrected chi connectivity index (χ1v) is 10.1. The molecular weight excluding hydrogens is 304 g/mol. The summed E-state index contributed by atoms with van der Waals surface area (Å²) in [6, 6.07) is 4.46. The molecule has 0 bridgehead atoms. The summed E-state index contributed by atoms with van der Waals surface area (Å²) in [5.74, 6) is 1.60. The Morgan fingerprint density at radius 1 is 1.12 bits per heavy atom. The van der Waals surface area contributed by atoms with Gasteiger partial charge in [-0.05, 0) is 58.6 Å². The van der Waals surface area contributed by atoms with Gasteiger partial charge in [0.1, 0.15) is 0 Å². The number of allylic oxidation sites excluding steroid dienone is 5. The van der Waals surface area contributed by atoms with Gasteiger partial charge >= 0.3 is 0 Å². The van der Waals surface area contributed by atoms with E-state index < -0.39 is 0 Å².